The molecule has 1 aliphatic carbocycles. The molecule has 37 heavy (non-hydrogen) atoms. The highest BCUT2D eigenvalue weighted by atomic mass is 35.5. The number of halogens is 3. The lowest BCUT2D eigenvalue weighted by Crippen LogP contribution is -2.70. The van der Waals surface area contributed by atoms with Gasteiger partial charge in [-0.2, -0.15) is 5.26 Å². The lowest BCUT2D eigenvalue weighted by Gasteiger charge is -2.54. The zero-order valence-corrected chi connectivity index (χ0v) is 21.7. The zero-order chi connectivity index (χ0) is 26.9. The Balaban J connectivity index is 1.54. The summed E-state index contributed by atoms with van der Waals surface area (Å²) in [5.74, 6) is -6.32. The molecule has 4 aliphatic rings. The monoisotopic (exact) mass is 535 g/mol. The second-order valence-corrected chi connectivity index (χ2v) is 10.7. The highest BCUT2D eigenvalue weighted by Crippen LogP contribution is 2.49. The van der Waals surface area contributed by atoms with Gasteiger partial charge >= 0.3 is 0 Å². The predicted molar refractivity (Wildman–Crippen MR) is 134 cm³/mol. The van der Waals surface area contributed by atoms with Crippen LogP contribution in [0.4, 0.5) is 14.5 Å². The van der Waals surface area contributed by atoms with Crippen molar-refractivity contribution in [3.05, 3.63) is 28.8 Å². The fourth-order valence-corrected chi connectivity index (χ4v) is 6.03. The van der Waals surface area contributed by atoms with Crippen molar-refractivity contribution in [3.8, 4) is 6.07 Å². The maximum atomic E-state index is 15.0. The number of carbonyl (C=O) groups is 3. The normalized spacial score (nSPS) is 28.0. The Morgan fingerprint density at radius 1 is 1.32 bits per heavy atom. The zero-order valence-electron chi connectivity index (χ0n) is 20.9. The Kier molecular flexibility index (Phi) is 7.93. The highest BCUT2D eigenvalue weighted by Gasteiger charge is 2.60. The number of hydrogen-bond donors (Lipinski definition) is 3. The summed E-state index contributed by atoms with van der Waals surface area (Å²) in [5.41, 5.74) is 1.38. The maximum absolute atomic E-state index is 15.0. The Labute approximate surface area is 220 Å². The summed E-state index contributed by atoms with van der Waals surface area (Å²) in [6.45, 7) is 3.99. The van der Waals surface area contributed by atoms with Crippen molar-refractivity contribution in [1.82, 2.24) is 15.5 Å². The van der Waals surface area contributed by atoms with E-state index in [1.54, 1.807) is 32.0 Å². The lowest BCUT2D eigenvalue weighted by molar-refractivity contribution is -0.194. The number of piperidine rings is 3. The summed E-state index contributed by atoms with van der Waals surface area (Å²) >= 11 is 6.19. The molecule has 3 aliphatic heterocycles. The third-order valence-corrected chi connectivity index (χ3v) is 8.27. The van der Waals surface area contributed by atoms with Gasteiger partial charge in [0.1, 0.15) is 18.1 Å². The molecular formula is C26H32ClF2N5O3. The molecule has 3 heterocycles. The molecule has 5 rings (SSSR count). The molecular weight excluding hydrogens is 504 g/mol. The van der Waals surface area contributed by atoms with Crippen LogP contribution in [-0.2, 0) is 14.4 Å². The van der Waals surface area contributed by atoms with Crippen molar-refractivity contribution in [2.24, 2.45) is 11.8 Å². The van der Waals surface area contributed by atoms with Gasteiger partial charge in [-0.05, 0) is 63.6 Å². The molecule has 200 valence electrons. The number of amides is 3. The topological polar surface area (TPSA) is 114 Å². The van der Waals surface area contributed by atoms with E-state index in [0.29, 0.717) is 30.1 Å². The molecule has 3 saturated heterocycles. The lowest BCUT2D eigenvalue weighted by atomic mass is 9.71. The Morgan fingerprint density at radius 3 is 2.76 bits per heavy atom. The smallest absolute Gasteiger partial charge is 0.255 e. The maximum Gasteiger partial charge on any atom is 0.255 e. The number of nitrogens with zero attached hydrogens (tertiary/aromatic N) is 2. The molecule has 6 atom stereocenters. The molecule has 0 aromatic heterocycles. The van der Waals surface area contributed by atoms with Crippen LogP contribution < -0.4 is 16.0 Å². The Bertz CT molecular complexity index is 1110. The van der Waals surface area contributed by atoms with E-state index in [2.05, 4.69) is 16.0 Å². The summed E-state index contributed by atoms with van der Waals surface area (Å²) in [6, 6.07) is 3.18. The van der Waals surface area contributed by atoms with Gasteiger partial charge in [0.25, 0.3) is 5.92 Å². The van der Waals surface area contributed by atoms with E-state index in [-0.39, 0.29) is 18.7 Å². The first-order valence-corrected chi connectivity index (χ1v) is 13.1. The SMILES string of the molecule is Cc1c(Cl)cccc1N[C@@H](C)C(=O)N1[C@H]2CC[C@@H]([C@H]1C(=O)N[C@@H](C#N)C[C@H]1CCCNC1=O)C(F)(F)C2. The molecule has 0 spiro atoms. The van der Waals surface area contributed by atoms with E-state index in [4.69, 9.17) is 11.6 Å². The van der Waals surface area contributed by atoms with Crippen molar-refractivity contribution in [3.63, 3.8) is 0 Å². The number of rotatable bonds is 7. The van der Waals surface area contributed by atoms with Gasteiger partial charge in [-0.3, -0.25) is 14.4 Å². The van der Waals surface area contributed by atoms with Crippen LogP contribution in [0.2, 0.25) is 5.02 Å². The summed E-state index contributed by atoms with van der Waals surface area (Å²) in [6.07, 6.45) is 1.42. The molecule has 1 aromatic rings. The minimum absolute atomic E-state index is 0.0885. The number of fused-ring (bicyclic) bond motifs is 3. The average molecular weight is 536 g/mol. The minimum atomic E-state index is -3.10. The molecule has 2 bridgehead atoms. The van der Waals surface area contributed by atoms with Crippen molar-refractivity contribution < 1.29 is 23.2 Å². The van der Waals surface area contributed by atoms with Crippen molar-refractivity contribution in [2.45, 2.75) is 82.5 Å². The van der Waals surface area contributed by atoms with E-state index >= 15 is 0 Å². The van der Waals surface area contributed by atoms with Crippen LogP contribution in [0, 0.1) is 30.1 Å². The number of carbonyl (C=O) groups excluding carboxylic acids is 3. The Hall–Kier alpha value is -2.93. The summed E-state index contributed by atoms with van der Waals surface area (Å²) in [4.78, 5) is 40.5. The number of nitriles is 1. The number of alkyl halides is 2. The van der Waals surface area contributed by atoms with Crippen molar-refractivity contribution in [1.29, 1.82) is 5.26 Å². The van der Waals surface area contributed by atoms with E-state index in [0.717, 1.165) is 12.0 Å². The van der Waals surface area contributed by atoms with E-state index in [1.807, 2.05) is 6.07 Å². The van der Waals surface area contributed by atoms with Gasteiger partial charge < -0.3 is 20.9 Å². The summed E-state index contributed by atoms with van der Waals surface area (Å²) in [7, 11) is 0. The van der Waals surface area contributed by atoms with Gasteiger partial charge in [-0.25, -0.2) is 8.78 Å². The molecule has 1 saturated carbocycles. The predicted octanol–water partition coefficient (Wildman–Crippen LogP) is 3.39. The fourth-order valence-electron chi connectivity index (χ4n) is 5.85. The minimum Gasteiger partial charge on any atom is -0.374 e. The van der Waals surface area contributed by atoms with Crippen LogP contribution in [0.15, 0.2) is 18.2 Å². The van der Waals surface area contributed by atoms with Gasteiger partial charge in [0.05, 0.1) is 12.0 Å². The molecule has 1 aromatic carbocycles. The third-order valence-electron chi connectivity index (χ3n) is 7.86. The van der Waals surface area contributed by atoms with Crippen LogP contribution in [0.1, 0.15) is 51.0 Å². The molecule has 3 N–H and O–H groups in total. The van der Waals surface area contributed by atoms with E-state index in [1.165, 1.54) is 4.90 Å². The van der Waals surface area contributed by atoms with Gasteiger partial charge in [0.15, 0.2) is 0 Å². The van der Waals surface area contributed by atoms with Crippen LogP contribution >= 0.6 is 11.6 Å². The third kappa shape index (κ3) is 5.52. The Morgan fingerprint density at radius 2 is 2.08 bits per heavy atom. The van der Waals surface area contributed by atoms with E-state index < -0.39 is 60.2 Å². The highest BCUT2D eigenvalue weighted by molar-refractivity contribution is 6.31. The largest absolute Gasteiger partial charge is 0.374 e. The molecule has 11 heteroatoms. The van der Waals surface area contributed by atoms with Crippen LogP contribution in [-0.4, -0.2) is 59.3 Å². The first-order chi connectivity index (χ1) is 17.5. The molecule has 4 fully saturated rings. The molecule has 3 amide bonds. The van der Waals surface area contributed by atoms with Crippen molar-refractivity contribution >= 4 is 35.0 Å². The molecule has 0 unspecified atom stereocenters. The number of anilines is 1. The van der Waals surface area contributed by atoms with Gasteiger partial charge in [-0.15, -0.1) is 0 Å². The quantitative estimate of drug-likeness (QED) is 0.495. The summed E-state index contributed by atoms with van der Waals surface area (Å²) < 4.78 is 29.9. The second kappa shape index (κ2) is 10.8. The van der Waals surface area contributed by atoms with E-state index in [9.17, 15) is 28.4 Å². The number of nitrogens with one attached hydrogen (secondary N) is 3. The van der Waals surface area contributed by atoms with Crippen molar-refractivity contribution in [2.75, 3.05) is 11.9 Å². The van der Waals surface area contributed by atoms with Gasteiger partial charge in [0, 0.05) is 35.6 Å². The van der Waals surface area contributed by atoms with Crippen LogP contribution in [0.3, 0.4) is 0 Å². The number of benzene rings is 1. The first-order valence-electron chi connectivity index (χ1n) is 12.7. The van der Waals surface area contributed by atoms with Gasteiger partial charge in [0.2, 0.25) is 17.7 Å². The molecule has 0 radical (unpaired) electrons. The standard InChI is InChI=1S/C26H32ClF2N5O3/c1-14-20(27)6-3-7-21(14)32-15(2)25(37)34-18-8-9-19(26(28,29)12-18)22(34)24(36)33-17(13-30)11-16-5-4-10-31-23(16)35/h3,6-7,15-19,22,32H,4-5,8-12H2,1-2H3,(H,31,35)(H,33,36)/t15-,16+,17+,18-,19-,22-/m0/s1. The average Bonchev–Trinajstić information content (AvgIpc) is 2.86. The van der Waals surface area contributed by atoms with Crippen LogP contribution in [0.5, 0.6) is 0 Å². The second-order valence-electron chi connectivity index (χ2n) is 10.3. The van der Waals surface area contributed by atoms with Gasteiger partial charge in [-0.1, -0.05) is 17.7 Å². The molecule has 8 nitrogen and oxygen atoms in total. The number of hydrogen-bond acceptors (Lipinski definition) is 5. The van der Waals surface area contributed by atoms with Crippen LogP contribution in [0.25, 0.3) is 0 Å². The first kappa shape index (κ1) is 27.1. The fraction of sp³-hybridized carbons (Fsp3) is 0.615. The summed E-state index contributed by atoms with van der Waals surface area (Å²) in [5, 5.41) is 18.6.